The van der Waals surface area contributed by atoms with Crippen LogP contribution in [0.2, 0.25) is 0 Å². The maximum absolute atomic E-state index is 5.05. The number of benzene rings is 6. The molecule has 0 radical (unpaired) electrons. The molecule has 0 unspecified atom stereocenters. The first-order chi connectivity index (χ1) is 27.7. The van der Waals surface area contributed by atoms with Gasteiger partial charge in [0.2, 0.25) is 0 Å². The molecule has 4 nitrogen and oxygen atoms in total. The first-order valence-electron chi connectivity index (χ1n) is 18.9. The number of para-hydroxylation sites is 1. The number of nitrogens with zero attached hydrogens (tertiary/aromatic N) is 4. The molecule has 5 heteroatoms. The molecule has 56 heavy (non-hydrogen) atoms. The van der Waals surface area contributed by atoms with Gasteiger partial charge >= 0.3 is 0 Å². The number of thiophene rings is 1. The minimum atomic E-state index is 0.525. The molecule has 0 fully saturated rings. The Morgan fingerprint density at radius 2 is 1.23 bits per heavy atom. The van der Waals surface area contributed by atoms with Gasteiger partial charge in [-0.15, -0.1) is 11.3 Å². The number of allylic oxidation sites excluding steroid dienone is 9. The number of fused-ring (bicyclic) bond motifs is 6. The van der Waals surface area contributed by atoms with Crippen LogP contribution in [-0.2, 0) is 0 Å². The van der Waals surface area contributed by atoms with Crippen molar-refractivity contribution in [2.45, 2.75) is 12.8 Å². The van der Waals surface area contributed by atoms with Crippen LogP contribution >= 0.6 is 11.3 Å². The van der Waals surface area contributed by atoms with Gasteiger partial charge in [0.15, 0.2) is 17.5 Å². The van der Waals surface area contributed by atoms with E-state index in [-0.39, 0.29) is 0 Å². The van der Waals surface area contributed by atoms with Gasteiger partial charge in [-0.05, 0) is 60.4 Å². The molecule has 0 aliphatic heterocycles. The van der Waals surface area contributed by atoms with Gasteiger partial charge in [0.05, 0.1) is 16.7 Å². The average molecular weight is 737 g/mol. The zero-order valence-electron chi connectivity index (χ0n) is 30.6. The van der Waals surface area contributed by atoms with E-state index in [1.54, 1.807) is 0 Å². The van der Waals surface area contributed by atoms with Crippen LogP contribution in [0.25, 0.3) is 81.6 Å². The van der Waals surface area contributed by atoms with Crippen molar-refractivity contribution < 1.29 is 0 Å². The molecule has 9 aromatic rings. The lowest BCUT2D eigenvalue weighted by atomic mass is 9.96. The van der Waals surface area contributed by atoms with E-state index in [0.29, 0.717) is 23.0 Å². The molecule has 0 amide bonds. The highest BCUT2D eigenvalue weighted by Crippen LogP contribution is 2.43. The Morgan fingerprint density at radius 3 is 1.93 bits per heavy atom. The molecule has 6 aromatic carbocycles. The van der Waals surface area contributed by atoms with E-state index in [1.165, 1.54) is 36.5 Å². The molecule has 0 spiro atoms. The molecule has 0 bridgehead atoms. The van der Waals surface area contributed by atoms with Crippen molar-refractivity contribution in [3.05, 3.63) is 206 Å². The van der Waals surface area contributed by atoms with Gasteiger partial charge < -0.3 is 4.57 Å². The fourth-order valence-electron chi connectivity index (χ4n) is 7.72. The predicted molar refractivity (Wildman–Crippen MR) is 237 cm³/mol. The van der Waals surface area contributed by atoms with Gasteiger partial charge in [0.1, 0.15) is 0 Å². The van der Waals surface area contributed by atoms with Crippen LogP contribution < -0.4 is 0 Å². The van der Waals surface area contributed by atoms with Crippen molar-refractivity contribution >= 4 is 70.2 Å². The molecular weight excluding hydrogens is 701 g/mol. The van der Waals surface area contributed by atoms with E-state index < -0.39 is 0 Å². The van der Waals surface area contributed by atoms with Crippen molar-refractivity contribution in [2.75, 3.05) is 0 Å². The Balaban J connectivity index is 1.24. The maximum Gasteiger partial charge on any atom is 0.164 e. The summed E-state index contributed by atoms with van der Waals surface area (Å²) in [4.78, 5) is 15.1. The second kappa shape index (κ2) is 14.4. The van der Waals surface area contributed by atoms with Crippen LogP contribution in [0, 0.1) is 0 Å². The monoisotopic (exact) mass is 736 g/mol. The van der Waals surface area contributed by atoms with Crippen molar-refractivity contribution in [3.63, 3.8) is 0 Å². The fourth-order valence-corrected chi connectivity index (χ4v) is 8.84. The molecular formula is C51H36N4S. The molecule has 10 rings (SSSR count). The van der Waals surface area contributed by atoms with Gasteiger partial charge in [-0.2, -0.15) is 0 Å². The Labute approximate surface area is 329 Å². The lowest BCUT2D eigenvalue weighted by molar-refractivity contribution is 1.02. The summed E-state index contributed by atoms with van der Waals surface area (Å²) < 4.78 is 5.00. The third kappa shape index (κ3) is 6.18. The van der Waals surface area contributed by atoms with E-state index in [9.17, 15) is 0 Å². The second-order valence-electron chi connectivity index (χ2n) is 14.0. The Bertz CT molecular complexity index is 3010. The molecule has 3 heterocycles. The molecule has 1 aliphatic carbocycles. The smallest absolute Gasteiger partial charge is 0.164 e. The minimum absolute atomic E-state index is 0.525. The van der Waals surface area contributed by atoms with Gasteiger partial charge in [0.25, 0.3) is 0 Å². The third-order valence-corrected chi connectivity index (χ3v) is 11.5. The van der Waals surface area contributed by atoms with Crippen LogP contribution in [0.5, 0.6) is 0 Å². The lowest BCUT2D eigenvalue weighted by Gasteiger charge is -2.19. The molecule has 3 aromatic heterocycles. The molecule has 1 aliphatic rings. The van der Waals surface area contributed by atoms with E-state index in [0.717, 1.165) is 51.8 Å². The quantitative estimate of drug-likeness (QED) is 0.146. The third-order valence-electron chi connectivity index (χ3n) is 10.4. The van der Waals surface area contributed by atoms with Gasteiger partial charge in [-0.1, -0.05) is 152 Å². The molecule has 266 valence electrons. The summed E-state index contributed by atoms with van der Waals surface area (Å²) >= 11 is 1.85. The first kappa shape index (κ1) is 33.6. The van der Waals surface area contributed by atoms with Crippen molar-refractivity contribution in [2.24, 2.45) is 0 Å². The normalized spacial score (nSPS) is 13.5. The zero-order chi connectivity index (χ0) is 37.4. The number of hydrogen-bond donors (Lipinski definition) is 0. The van der Waals surface area contributed by atoms with Crippen molar-refractivity contribution in [3.8, 4) is 22.8 Å². The molecule has 0 N–H and O–H groups in total. The summed E-state index contributed by atoms with van der Waals surface area (Å²) in [5.41, 5.74) is 9.11. The van der Waals surface area contributed by atoms with Gasteiger partial charge in [-0.25, -0.2) is 15.0 Å². The molecule has 0 atom stereocenters. The Hall–Kier alpha value is -6.95. The largest absolute Gasteiger partial charge is 0.309 e. The summed E-state index contributed by atoms with van der Waals surface area (Å²) in [7, 11) is 0. The molecule has 0 saturated carbocycles. The van der Waals surface area contributed by atoms with Crippen LogP contribution in [0.1, 0.15) is 24.2 Å². The number of aromatic nitrogens is 4. The zero-order valence-corrected chi connectivity index (χ0v) is 31.5. The van der Waals surface area contributed by atoms with Gasteiger partial charge in [0, 0.05) is 53.2 Å². The highest BCUT2D eigenvalue weighted by molar-refractivity contribution is 7.25. The fraction of sp³-hybridized carbons (Fsp3) is 0.0392. The Morgan fingerprint density at radius 1 is 0.589 bits per heavy atom. The topological polar surface area (TPSA) is 43.6 Å². The minimum Gasteiger partial charge on any atom is -0.309 e. The standard InChI is InChI=1S/C51H36N4S/c1-34(49-52-50(37-22-10-4-11-23-37)54-51(53-49)38-24-12-5-13-25-38)30-41(36-20-8-3-9-21-36)45(31-35-18-6-2-7-19-35)55-44-28-16-14-26-39(44)42-32-43-40-27-15-17-29-47(40)56-48(43)33-46(42)55/h3-6,8-33H,1-2,7H2/b41-30-,45-31-. The number of hydrogen-bond acceptors (Lipinski definition) is 4. The van der Waals surface area contributed by atoms with Gasteiger partial charge in [-0.3, -0.25) is 0 Å². The van der Waals surface area contributed by atoms with E-state index in [4.69, 9.17) is 15.0 Å². The second-order valence-corrected chi connectivity index (χ2v) is 15.1. The highest BCUT2D eigenvalue weighted by atomic mass is 32.1. The van der Waals surface area contributed by atoms with Crippen LogP contribution in [0.15, 0.2) is 194 Å². The summed E-state index contributed by atoms with van der Waals surface area (Å²) in [5, 5.41) is 5.01. The van der Waals surface area contributed by atoms with Crippen molar-refractivity contribution in [1.29, 1.82) is 0 Å². The summed E-state index contributed by atoms with van der Waals surface area (Å²) in [5.74, 6) is 1.73. The summed E-state index contributed by atoms with van der Waals surface area (Å²) in [6.45, 7) is 4.67. The van der Waals surface area contributed by atoms with E-state index in [2.05, 4.69) is 133 Å². The molecule has 0 saturated heterocycles. The maximum atomic E-state index is 5.05. The highest BCUT2D eigenvalue weighted by Gasteiger charge is 2.21. The van der Waals surface area contributed by atoms with E-state index >= 15 is 0 Å². The Kier molecular flexibility index (Phi) is 8.62. The van der Waals surface area contributed by atoms with Crippen LogP contribution in [0.4, 0.5) is 0 Å². The summed E-state index contributed by atoms with van der Waals surface area (Å²) in [6, 6.07) is 53.0. The van der Waals surface area contributed by atoms with Crippen molar-refractivity contribution in [1.82, 2.24) is 19.5 Å². The lowest BCUT2D eigenvalue weighted by Crippen LogP contribution is -2.04. The predicted octanol–water partition coefficient (Wildman–Crippen LogP) is 13.6. The number of rotatable bonds is 8. The summed E-state index contributed by atoms with van der Waals surface area (Å²) in [6.07, 6.45) is 13.4. The van der Waals surface area contributed by atoms with E-state index in [1.807, 2.05) is 72.0 Å². The van der Waals surface area contributed by atoms with Crippen LogP contribution in [-0.4, -0.2) is 19.5 Å². The first-order valence-corrected chi connectivity index (χ1v) is 19.8. The van der Waals surface area contributed by atoms with Crippen LogP contribution in [0.3, 0.4) is 0 Å². The SMILES string of the molecule is C=C(/C=C(\C(=C\C1=CCCC=C1)n1c2ccccc2c2cc3c(cc21)sc1ccccc13)c1ccccc1)c1nc(-c2ccccc2)nc(-c2ccccc2)n1. The average Bonchev–Trinajstić information content (AvgIpc) is 3.79.